The van der Waals surface area contributed by atoms with Gasteiger partial charge in [0.25, 0.3) is 0 Å². The molecule has 136 valence electrons. The van der Waals surface area contributed by atoms with E-state index in [0.717, 1.165) is 49.1 Å². The van der Waals surface area contributed by atoms with Crippen LogP contribution in [0.3, 0.4) is 0 Å². The van der Waals surface area contributed by atoms with E-state index in [9.17, 15) is 4.79 Å². The molecule has 1 aliphatic heterocycles. The van der Waals surface area contributed by atoms with Crippen molar-refractivity contribution in [2.75, 3.05) is 6.61 Å². The second-order valence-electron chi connectivity index (χ2n) is 7.01. The Morgan fingerprint density at radius 2 is 2.12 bits per heavy atom. The van der Waals surface area contributed by atoms with Crippen LogP contribution in [0.2, 0.25) is 0 Å². The number of hydrogen-bond donors (Lipinski definition) is 1. The third kappa shape index (κ3) is 4.03. The molecule has 1 fully saturated rings. The number of carbonyl (C=O) groups is 1. The molecule has 1 aromatic carbocycles. The first-order valence-corrected chi connectivity index (χ1v) is 9.45. The lowest BCUT2D eigenvalue weighted by molar-refractivity contribution is -0.123. The number of para-hydroxylation sites is 2. The summed E-state index contributed by atoms with van der Waals surface area (Å²) in [6.45, 7) is 7.43. The van der Waals surface area contributed by atoms with Crippen LogP contribution in [0.1, 0.15) is 45.4 Å². The van der Waals surface area contributed by atoms with Crippen LogP contribution in [0, 0.1) is 12.8 Å². The van der Waals surface area contributed by atoms with E-state index in [0.29, 0.717) is 12.5 Å². The van der Waals surface area contributed by atoms with Gasteiger partial charge in [-0.3, -0.25) is 4.79 Å². The topological polar surface area (TPSA) is 56.2 Å². The number of nitrogens with one attached hydrogen (secondary N) is 1. The molecule has 1 aromatic heterocycles. The Labute approximate surface area is 149 Å². The summed E-state index contributed by atoms with van der Waals surface area (Å²) >= 11 is 0. The van der Waals surface area contributed by atoms with Gasteiger partial charge in [-0.1, -0.05) is 38.8 Å². The van der Waals surface area contributed by atoms with Crippen molar-refractivity contribution in [3.8, 4) is 0 Å². The Bertz CT molecular complexity index is 721. The van der Waals surface area contributed by atoms with Gasteiger partial charge in [0.15, 0.2) is 0 Å². The van der Waals surface area contributed by atoms with Gasteiger partial charge in [-0.25, -0.2) is 4.98 Å². The minimum Gasteiger partial charge on any atom is -0.378 e. The van der Waals surface area contributed by atoms with Gasteiger partial charge in [0.05, 0.1) is 17.1 Å². The van der Waals surface area contributed by atoms with E-state index in [-0.39, 0.29) is 18.1 Å². The first-order chi connectivity index (χ1) is 12.1. The molecule has 1 N–H and O–H groups in total. The molecule has 0 bridgehead atoms. The van der Waals surface area contributed by atoms with Gasteiger partial charge in [0.1, 0.15) is 12.4 Å². The highest BCUT2D eigenvalue weighted by Gasteiger charge is 2.28. The Balaban J connectivity index is 1.63. The van der Waals surface area contributed by atoms with Crippen molar-refractivity contribution in [2.24, 2.45) is 5.92 Å². The van der Waals surface area contributed by atoms with Crippen LogP contribution in [0.15, 0.2) is 24.3 Å². The number of aryl methyl sites for hydroxylation is 1. The standard InChI is InChI=1S/C20H29N3O2/c1-4-15(5-2)19-12-16(10-11-25-19)22-20(24)13-23-14(3)21-17-8-6-7-9-18(17)23/h6-9,15-16,19H,4-5,10-13H2,1-3H3,(H,22,24)/t16-,19+/m0/s1. The van der Waals surface area contributed by atoms with Crippen LogP contribution in [-0.4, -0.2) is 34.2 Å². The second-order valence-corrected chi connectivity index (χ2v) is 7.01. The molecule has 2 aromatic rings. The van der Waals surface area contributed by atoms with Gasteiger partial charge in [0, 0.05) is 12.6 Å². The molecule has 0 aliphatic carbocycles. The molecule has 3 rings (SSSR count). The number of benzene rings is 1. The third-order valence-corrected chi connectivity index (χ3v) is 5.40. The zero-order valence-corrected chi connectivity index (χ0v) is 15.5. The summed E-state index contributed by atoms with van der Waals surface area (Å²) in [5, 5.41) is 3.21. The number of amides is 1. The molecule has 1 amide bonds. The summed E-state index contributed by atoms with van der Waals surface area (Å²) in [5.41, 5.74) is 1.95. The fraction of sp³-hybridized carbons (Fsp3) is 0.600. The predicted octanol–water partition coefficient (Wildman–Crippen LogP) is 3.44. The molecule has 0 radical (unpaired) electrons. The number of nitrogens with zero attached hydrogens (tertiary/aromatic N) is 2. The fourth-order valence-electron chi connectivity index (χ4n) is 3.91. The first-order valence-electron chi connectivity index (χ1n) is 9.45. The van der Waals surface area contributed by atoms with Gasteiger partial charge in [-0.15, -0.1) is 0 Å². The molecule has 0 unspecified atom stereocenters. The van der Waals surface area contributed by atoms with Gasteiger partial charge in [-0.05, 0) is 37.8 Å². The van der Waals surface area contributed by atoms with Crippen molar-refractivity contribution in [1.29, 1.82) is 0 Å². The lowest BCUT2D eigenvalue weighted by atomic mass is 9.89. The van der Waals surface area contributed by atoms with Crippen molar-refractivity contribution in [2.45, 2.75) is 65.1 Å². The normalized spacial score (nSPS) is 21.0. The zero-order valence-electron chi connectivity index (χ0n) is 15.5. The third-order valence-electron chi connectivity index (χ3n) is 5.40. The number of rotatable bonds is 6. The Kier molecular flexibility index (Phi) is 5.74. The van der Waals surface area contributed by atoms with Crippen LogP contribution in [0.4, 0.5) is 0 Å². The SMILES string of the molecule is CCC(CC)[C@H]1C[C@@H](NC(=O)Cn2c(C)nc3ccccc32)CCO1. The summed E-state index contributed by atoms with van der Waals surface area (Å²) in [7, 11) is 0. The van der Waals surface area contributed by atoms with E-state index in [1.54, 1.807) is 0 Å². The lowest BCUT2D eigenvalue weighted by Crippen LogP contribution is -2.45. The highest BCUT2D eigenvalue weighted by atomic mass is 16.5. The van der Waals surface area contributed by atoms with Crippen LogP contribution in [0.5, 0.6) is 0 Å². The maximum atomic E-state index is 12.6. The van der Waals surface area contributed by atoms with E-state index in [2.05, 4.69) is 24.1 Å². The van der Waals surface area contributed by atoms with Crippen LogP contribution < -0.4 is 5.32 Å². The summed E-state index contributed by atoms with van der Waals surface area (Å²) < 4.78 is 7.94. The molecule has 2 heterocycles. The van der Waals surface area contributed by atoms with E-state index in [1.165, 1.54) is 0 Å². The number of imidazole rings is 1. The smallest absolute Gasteiger partial charge is 0.240 e. The summed E-state index contributed by atoms with van der Waals surface area (Å²) in [5.74, 6) is 1.51. The fourth-order valence-corrected chi connectivity index (χ4v) is 3.91. The van der Waals surface area contributed by atoms with Crippen molar-refractivity contribution in [3.05, 3.63) is 30.1 Å². The highest BCUT2D eigenvalue weighted by Crippen LogP contribution is 2.25. The van der Waals surface area contributed by atoms with Gasteiger partial charge in [0.2, 0.25) is 5.91 Å². The Hall–Kier alpha value is -1.88. The average Bonchev–Trinajstić information content (AvgIpc) is 2.92. The van der Waals surface area contributed by atoms with Crippen LogP contribution in [0.25, 0.3) is 11.0 Å². The molecule has 5 heteroatoms. The quantitative estimate of drug-likeness (QED) is 0.874. The van der Waals surface area contributed by atoms with Crippen LogP contribution in [-0.2, 0) is 16.1 Å². The summed E-state index contributed by atoms with van der Waals surface area (Å²) in [6, 6.07) is 8.16. The minimum absolute atomic E-state index is 0.0569. The summed E-state index contributed by atoms with van der Waals surface area (Å²) in [6.07, 6.45) is 4.34. The molecular formula is C20H29N3O2. The maximum Gasteiger partial charge on any atom is 0.240 e. The largest absolute Gasteiger partial charge is 0.378 e. The Morgan fingerprint density at radius 3 is 2.88 bits per heavy atom. The number of hydrogen-bond acceptors (Lipinski definition) is 3. The molecule has 1 aliphatic rings. The van der Waals surface area contributed by atoms with Gasteiger partial charge < -0.3 is 14.6 Å². The van der Waals surface area contributed by atoms with Crippen molar-refractivity contribution < 1.29 is 9.53 Å². The summed E-state index contributed by atoms with van der Waals surface area (Å²) in [4.78, 5) is 17.1. The highest BCUT2D eigenvalue weighted by molar-refractivity contribution is 5.81. The number of carbonyl (C=O) groups excluding carboxylic acids is 1. The lowest BCUT2D eigenvalue weighted by Gasteiger charge is -2.34. The molecule has 1 saturated heterocycles. The first kappa shape index (κ1) is 17.9. The Morgan fingerprint density at radius 1 is 1.36 bits per heavy atom. The molecule has 2 atom stereocenters. The van der Waals surface area contributed by atoms with E-state index < -0.39 is 0 Å². The monoisotopic (exact) mass is 343 g/mol. The maximum absolute atomic E-state index is 12.6. The number of aromatic nitrogens is 2. The molecule has 0 spiro atoms. The number of ether oxygens (including phenoxy) is 1. The molecule has 5 nitrogen and oxygen atoms in total. The van der Waals surface area contributed by atoms with Gasteiger partial charge in [-0.2, -0.15) is 0 Å². The van der Waals surface area contributed by atoms with Crippen LogP contribution >= 0.6 is 0 Å². The molecule has 0 saturated carbocycles. The molecule has 25 heavy (non-hydrogen) atoms. The van der Waals surface area contributed by atoms with E-state index in [4.69, 9.17) is 4.74 Å². The van der Waals surface area contributed by atoms with Crippen molar-refractivity contribution in [1.82, 2.24) is 14.9 Å². The average molecular weight is 343 g/mol. The zero-order chi connectivity index (χ0) is 17.8. The molecular weight excluding hydrogens is 314 g/mol. The minimum atomic E-state index is 0.0569. The van der Waals surface area contributed by atoms with Gasteiger partial charge >= 0.3 is 0 Å². The van der Waals surface area contributed by atoms with E-state index >= 15 is 0 Å². The van der Waals surface area contributed by atoms with E-state index in [1.807, 2.05) is 35.8 Å². The van der Waals surface area contributed by atoms with Crippen molar-refractivity contribution >= 4 is 16.9 Å². The second kappa shape index (κ2) is 8.00. The number of fused-ring (bicyclic) bond motifs is 1. The predicted molar refractivity (Wildman–Crippen MR) is 99.4 cm³/mol. The van der Waals surface area contributed by atoms with Crippen molar-refractivity contribution in [3.63, 3.8) is 0 Å².